The van der Waals surface area contributed by atoms with Gasteiger partial charge in [-0.25, -0.2) is 0 Å². The summed E-state index contributed by atoms with van der Waals surface area (Å²) in [4.78, 5) is 2.13. The van der Waals surface area contributed by atoms with Gasteiger partial charge in [0.15, 0.2) is 0 Å². The van der Waals surface area contributed by atoms with Crippen LogP contribution in [0, 0.1) is 0 Å². The second-order valence-electron chi connectivity index (χ2n) is 5.25. The Bertz CT molecular complexity index is 351. The summed E-state index contributed by atoms with van der Waals surface area (Å²) in [6, 6.07) is 8.65. The summed E-state index contributed by atoms with van der Waals surface area (Å²) in [5.41, 5.74) is 1.46. The van der Waals surface area contributed by atoms with Crippen molar-refractivity contribution in [3.05, 3.63) is 29.8 Å². The van der Waals surface area contributed by atoms with Gasteiger partial charge in [0, 0.05) is 6.54 Å². The van der Waals surface area contributed by atoms with Crippen molar-refractivity contribution in [1.29, 1.82) is 0 Å². The smallest absolute Gasteiger partial charge is 0.119 e. The van der Waals surface area contributed by atoms with E-state index in [4.69, 9.17) is 4.74 Å². The number of piperidine rings is 1. The van der Waals surface area contributed by atoms with Crippen LogP contribution in [-0.2, 0) is 0 Å². The van der Waals surface area contributed by atoms with Crippen LogP contribution < -0.4 is 10.1 Å². The van der Waals surface area contributed by atoms with E-state index in [1.165, 1.54) is 18.4 Å². The first kappa shape index (κ1) is 19.5. The topological polar surface area (TPSA) is 24.5 Å². The lowest BCUT2D eigenvalue weighted by molar-refractivity contribution is 0.261. The third kappa shape index (κ3) is 6.31. The zero-order valence-corrected chi connectivity index (χ0v) is 13.9. The van der Waals surface area contributed by atoms with E-state index in [2.05, 4.69) is 48.6 Å². The van der Waals surface area contributed by atoms with Gasteiger partial charge in [-0.1, -0.05) is 12.1 Å². The van der Waals surface area contributed by atoms with E-state index in [-0.39, 0.29) is 24.8 Å². The maximum absolute atomic E-state index is 5.71. The molecule has 0 radical (unpaired) electrons. The average molecular weight is 321 g/mol. The molecule has 20 heavy (non-hydrogen) atoms. The second kappa shape index (κ2) is 10.3. The van der Waals surface area contributed by atoms with Gasteiger partial charge < -0.3 is 15.0 Å². The Morgan fingerprint density at radius 1 is 1.10 bits per heavy atom. The molecule has 2 rings (SSSR count). The first-order chi connectivity index (χ1) is 8.75. The van der Waals surface area contributed by atoms with Crippen molar-refractivity contribution in [3.63, 3.8) is 0 Å². The molecule has 0 saturated carbocycles. The normalized spacial score (nSPS) is 15.3. The summed E-state index contributed by atoms with van der Waals surface area (Å²) in [6.07, 6.45) is 2.50. The van der Waals surface area contributed by atoms with Crippen molar-refractivity contribution in [2.75, 3.05) is 40.3 Å². The largest absolute Gasteiger partial charge is 0.492 e. The van der Waals surface area contributed by atoms with Gasteiger partial charge in [-0.05, 0) is 63.6 Å². The van der Waals surface area contributed by atoms with Crippen LogP contribution in [0.4, 0.5) is 0 Å². The molecule has 1 saturated heterocycles. The highest BCUT2D eigenvalue weighted by Crippen LogP contribution is 2.26. The van der Waals surface area contributed by atoms with E-state index in [1.807, 2.05) is 0 Å². The molecule has 1 aliphatic rings. The predicted molar refractivity (Wildman–Crippen MR) is 89.8 cm³/mol. The molecule has 0 unspecified atom stereocenters. The molecule has 1 aromatic carbocycles. The third-order valence-corrected chi connectivity index (χ3v) is 3.50. The molecule has 1 aromatic rings. The fourth-order valence-electron chi connectivity index (χ4n) is 2.34. The number of halogens is 2. The highest BCUT2D eigenvalue weighted by atomic mass is 35.5. The molecule has 116 valence electrons. The van der Waals surface area contributed by atoms with Crippen LogP contribution in [-0.4, -0.2) is 45.2 Å². The number of hydrogen-bond donors (Lipinski definition) is 1. The van der Waals surface area contributed by atoms with E-state index in [0.717, 1.165) is 37.9 Å². The average Bonchev–Trinajstić information content (AvgIpc) is 2.40. The molecule has 1 N–H and O–H groups in total. The monoisotopic (exact) mass is 320 g/mol. The number of rotatable bonds is 5. The minimum Gasteiger partial charge on any atom is -0.492 e. The summed E-state index contributed by atoms with van der Waals surface area (Å²) in [5, 5.41) is 3.40. The molecular formula is C15H26Cl2N2O. The van der Waals surface area contributed by atoms with E-state index in [9.17, 15) is 0 Å². The van der Waals surface area contributed by atoms with Gasteiger partial charge in [-0.15, -0.1) is 24.8 Å². The lowest BCUT2D eigenvalue weighted by Gasteiger charge is -2.23. The van der Waals surface area contributed by atoms with Crippen LogP contribution in [0.2, 0.25) is 0 Å². The zero-order chi connectivity index (χ0) is 12.8. The summed E-state index contributed by atoms with van der Waals surface area (Å²) in [7, 11) is 4.12. The molecule has 0 amide bonds. The number of ether oxygens (including phenoxy) is 1. The Morgan fingerprint density at radius 2 is 1.70 bits per heavy atom. The molecule has 1 heterocycles. The minimum atomic E-state index is 0. The molecule has 1 fully saturated rings. The summed E-state index contributed by atoms with van der Waals surface area (Å²) < 4.78 is 5.71. The number of likely N-dealkylation sites (N-methyl/N-ethyl adjacent to an activating group) is 1. The SMILES string of the molecule is CN(C)CCOc1ccc(C2CCNCC2)cc1.Cl.Cl. The van der Waals surface area contributed by atoms with Gasteiger partial charge in [-0.3, -0.25) is 0 Å². The van der Waals surface area contributed by atoms with Crippen LogP contribution in [0.15, 0.2) is 24.3 Å². The van der Waals surface area contributed by atoms with Gasteiger partial charge in [0.25, 0.3) is 0 Å². The third-order valence-electron chi connectivity index (χ3n) is 3.50. The Morgan fingerprint density at radius 3 is 2.25 bits per heavy atom. The van der Waals surface area contributed by atoms with Crippen LogP contribution in [0.3, 0.4) is 0 Å². The highest BCUT2D eigenvalue weighted by molar-refractivity contribution is 5.85. The molecule has 3 nitrogen and oxygen atoms in total. The van der Waals surface area contributed by atoms with Crippen molar-refractivity contribution in [1.82, 2.24) is 10.2 Å². The summed E-state index contributed by atoms with van der Waals surface area (Å²) in [5.74, 6) is 1.71. The van der Waals surface area contributed by atoms with Crippen LogP contribution >= 0.6 is 24.8 Å². The number of benzene rings is 1. The van der Waals surface area contributed by atoms with E-state index < -0.39 is 0 Å². The molecule has 0 aromatic heterocycles. The number of hydrogen-bond acceptors (Lipinski definition) is 3. The molecule has 0 spiro atoms. The van der Waals surface area contributed by atoms with Gasteiger partial charge in [0.1, 0.15) is 12.4 Å². The van der Waals surface area contributed by atoms with Crippen molar-refractivity contribution in [2.45, 2.75) is 18.8 Å². The molecular weight excluding hydrogens is 295 g/mol. The first-order valence-corrected chi connectivity index (χ1v) is 6.84. The molecule has 0 atom stereocenters. The van der Waals surface area contributed by atoms with Crippen molar-refractivity contribution < 1.29 is 4.74 Å². The molecule has 1 aliphatic heterocycles. The lowest BCUT2D eigenvalue weighted by Crippen LogP contribution is -2.26. The number of nitrogens with one attached hydrogen (secondary N) is 1. The zero-order valence-electron chi connectivity index (χ0n) is 12.3. The van der Waals surface area contributed by atoms with Gasteiger partial charge in [0.2, 0.25) is 0 Å². The first-order valence-electron chi connectivity index (χ1n) is 6.84. The van der Waals surface area contributed by atoms with Crippen molar-refractivity contribution >= 4 is 24.8 Å². The Labute approximate surface area is 134 Å². The maximum atomic E-state index is 5.71. The fourth-order valence-corrected chi connectivity index (χ4v) is 2.34. The van der Waals surface area contributed by atoms with Crippen LogP contribution in [0.25, 0.3) is 0 Å². The Hall–Kier alpha value is -0.480. The standard InChI is InChI=1S/C15H24N2O.2ClH/c1-17(2)11-12-18-15-5-3-13(4-6-15)14-7-9-16-10-8-14;;/h3-6,14,16H,7-12H2,1-2H3;2*1H. The van der Waals surface area contributed by atoms with Gasteiger partial charge in [-0.2, -0.15) is 0 Å². The van der Waals surface area contributed by atoms with E-state index in [0.29, 0.717) is 0 Å². The van der Waals surface area contributed by atoms with Crippen molar-refractivity contribution in [3.8, 4) is 5.75 Å². The second-order valence-corrected chi connectivity index (χ2v) is 5.25. The molecule has 0 aliphatic carbocycles. The maximum Gasteiger partial charge on any atom is 0.119 e. The Balaban J connectivity index is 0.00000180. The molecule has 0 bridgehead atoms. The summed E-state index contributed by atoms with van der Waals surface area (Å²) in [6.45, 7) is 3.99. The van der Waals surface area contributed by atoms with E-state index in [1.54, 1.807) is 0 Å². The quantitative estimate of drug-likeness (QED) is 0.902. The van der Waals surface area contributed by atoms with E-state index >= 15 is 0 Å². The highest BCUT2D eigenvalue weighted by Gasteiger charge is 2.14. The van der Waals surface area contributed by atoms with Gasteiger partial charge >= 0.3 is 0 Å². The minimum absolute atomic E-state index is 0. The lowest BCUT2D eigenvalue weighted by atomic mass is 9.90. The van der Waals surface area contributed by atoms with Crippen LogP contribution in [0.1, 0.15) is 24.3 Å². The molecule has 5 heteroatoms. The van der Waals surface area contributed by atoms with Gasteiger partial charge in [0.05, 0.1) is 0 Å². The summed E-state index contributed by atoms with van der Waals surface area (Å²) >= 11 is 0. The number of nitrogens with zero attached hydrogens (tertiary/aromatic N) is 1. The predicted octanol–water partition coefficient (Wildman–Crippen LogP) is 2.94. The van der Waals surface area contributed by atoms with Crippen molar-refractivity contribution in [2.24, 2.45) is 0 Å². The van der Waals surface area contributed by atoms with Crippen LogP contribution in [0.5, 0.6) is 5.75 Å². The fraction of sp³-hybridized carbons (Fsp3) is 0.600. The Kier molecular flexibility index (Phi) is 10.0.